The molecule has 150 valence electrons. The number of likely N-dealkylation sites (tertiary alicyclic amines) is 1. The van der Waals surface area contributed by atoms with Gasteiger partial charge in [0, 0.05) is 36.8 Å². The molecule has 0 N–H and O–H groups in total. The SMILES string of the molecule is CCCN(CCC(C)C(C)CC(=O)N=O)C(=O)C1CCN(C(C)(C)C)C1. The van der Waals surface area contributed by atoms with Crippen molar-refractivity contribution in [3.05, 3.63) is 4.91 Å². The van der Waals surface area contributed by atoms with Crippen molar-refractivity contribution in [2.45, 2.75) is 72.8 Å². The zero-order valence-corrected chi connectivity index (χ0v) is 17.5. The summed E-state index contributed by atoms with van der Waals surface area (Å²) in [5, 5.41) is 2.48. The third kappa shape index (κ3) is 6.78. The van der Waals surface area contributed by atoms with Gasteiger partial charge in [-0.2, -0.15) is 0 Å². The first kappa shape index (κ1) is 22.7. The number of carbonyl (C=O) groups is 2. The second-order valence-corrected chi connectivity index (χ2v) is 8.86. The van der Waals surface area contributed by atoms with Crippen LogP contribution in [0.3, 0.4) is 0 Å². The molecule has 26 heavy (non-hydrogen) atoms. The van der Waals surface area contributed by atoms with Crippen LogP contribution in [0.25, 0.3) is 0 Å². The average molecular weight is 368 g/mol. The van der Waals surface area contributed by atoms with E-state index in [-0.39, 0.29) is 35.6 Å². The number of nitrogens with zero attached hydrogens (tertiary/aromatic N) is 3. The van der Waals surface area contributed by atoms with Gasteiger partial charge in [-0.25, -0.2) is 0 Å². The summed E-state index contributed by atoms with van der Waals surface area (Å²) in [6, 6.07) is 0. The van der Waals surface area contributed by atoms with Gasteiger partial charge in [0.15, 0.2) is 0 Å². The van der Waals surface area contributed by atoms with Crippen molar-refractivity contribution in [3.8, 4) is 0 Å². The van der Waals surface area contributed by atoms with E-state index in [9.17, 15) is 14.5 Å². The fourth-order valence-electron chi connectivity index (χ4n) is 3.59. The maximum atomic E-state index is 13.0. The minimum atomic E-state index is -0.584. The Morgan fingerprint density at radius 3 is 2.35 bits per heavy atom. The zero-order valence-electron chi connectivity index (χ0n) is 17.5. The second kappa shape index (κ2) is 10.1. The summed E-state index contributed by atoms with van der Waals surface area (Å²) in [7, 11) is 0. The van der Waals surface area contributed by atoms with E-state index in [1.807, 2.05) is 11.8 Å². The molecule has 0 bridgehead atoms. The summed E-state index contributed by atoms with van der Waals surface area (Å²) in [6.45, 7) is 16.0. The van der Waals surface area contributed by atoms with Crippen molar-refractivity contribution in [2.24, 2.45) is 22.9 Å². The number of nitroso groups, excluding NO2 is 1. The molecule has 1 aliphatic heterocycles. The Labute approximate surface area is 158 Å². The highest BCUT2D eigenvalue weighted by atomic mass is 16.3. The first-order valence-corrected chi connectivity index (χ1v) is 10.00. The molecular weight excluding hydrogens is 330 g/mol. The maximum absolute atomic E-state index is 13.0. The summed E-state index contributed by atoms with van der Waals surface area (Å²) in [4.78, 5) is 38.9. The van der Waals surface area contributed by atoms with Crippen LogP contribution in [0, 0.1) is 22.7 Å². The quantitative estimate of drug-likeness (QED) is 0.583. The fraction of sp³-hybridized carbons (Fsp3) is 0.900. The Morgan fingerprint density at radius 2 is 1.85 bits per heavy atom. The number of carbonyl (C=O) groups excluding carboxylic acids is 2. The monoisotopic (exact) mass is 367 g/mol. The molecule has 1 heterocycles. The maximum Gasteiger partial charge on any atom is 0.286 e. The summed E-state index contributed by atoms with van der Waals surface area (Å²) >= 11 is 0. The van der Waals surface area contributed by atoms with Crippen LogP contribution in [0.4, 0.5) is 0 Å². The van der Waals surface area contributed by atoms with E-state index >= 15 is 0 Å². The molecule has 6 nitrogen and oxygen atoms in total. The average Bonchev–Trinajstić information content (AvgIpc) is 3.07. The Balaban J connectivity index is 2.58. The molecule has 0 aromatic rings. The molecule has 2 amide bonds. The highest BCUT2D eigenvalue weighted by molar-refractivity contribution is 5.79. The van der Waals surface area contributed by atoms with E-state index in [0.29, 0.717) is 6.54 Å². The predicted octanol–water partition coefficient (Wildman–Crippen LogP) is 3.69. The first-order valence-electron chi connectivity index (χ1n) is 10.00. The molecule has 0 radical (unpaired) electrons. The highest BCUT2D eigenvalue weighted by Crippen LogP contribution is 2.26. The van der Waals surface area contributed by atoms with E-state index in [1.54, 1.807) is 0 Å². The molecule has 0 spiro atoms. The lowest BCUT2D eigenvalue weighted by Crippen LogP contribution is -2.42. The number of amides is 2. The van der Waals surface area contributed by atoms with Crippen molar-refractivity contribution in [1.82, 2.24) is 9.80 Å². The van der Waals surface area contributed by atoms with Gasteiger partial charge < -0.3 is 4.90 Å². The predicted molar refractivity (Wildman–Crippen MR) is 105 cm³/mol. The van der Waals surface area contributed by atoms with Crippen LogP contribution in [0.2, 0.25) is 0 Å². The molecule has 3 atom stereocenters. The molecule has 1 fully saturated rings. The lowest BCUT2D eigenvalue weighted by molar-refractivity contribution is -0.135. The van der Waals surface area contributed by atoms with Crippen molar-refractivity contribution in [3.63, 3.8) is 0 Å². The van der Waals surface area contributed by atoms with Crippen LogP contribution in [0.5, 0.6) is 0 Å². The van der Waals surface area contributed by atoms with E-state index in [0.717, 1.165) is 38.9 Å². The van der Waals surface area contributed by atoms with Crippen molar-refractivity contribution in [2.75, 3.05) is 26.2 Å². The third-order valence-electron chi connectivity index (χ3n) is 5.72. The Morgan fingerprint density at radius 1 is 1.19 bits per heavy atom. The Kier molecular flexibility index (Phi) is 8.87. The van der Waals surface area contributed by atoms with Gasteiger partial charge in [-0.05, 0) is 58.4 Å². The number of hydrogen-bond acceptors (Lipinski definition) is 4. The minimum absolute atomic E-state index is 0.0920. The topological polar surface area (TPSA) is 70.0 Å². The highest BCUT2D eigenvalue weighted by Gasteiger charge is 2.35. The molecule has 1 rings (SSSR count). The Bertz CT molecular complexity index is 487. The van der Waals surface area contributed by atoms with E-state index in [4.69, 9.17) is 0 Å². The molecule has 0 aliphatic carbocycles. The van der Waals surface area contributed by atoms with E-state index in [1.165, 1.54) is 0 Å². The molecule has 1 aliphatic rings. The van der Waals surface area contributed by atoms with Crippen molar-refractivity contribution >= 4 is 11.8 Å². The van der Waals surface area contributed by atoms with Crippen LogP contribution < -0.4 is 0 Å². The first-order chi connectivity index (χ1) is 12.1. The lowest BCUT2D eigenvalue weighted by atomic mass is 9.89. The summed E-state index contributed by atoms with van der Waals surface area (Å²) in [6.07, 6.45) is 2.91. The summed E-state index contributed by atoms with van der Waals surface area (Å²) < 4.78 is 0. The summed E-state index contributed by atoms with van der Waals surface area (Å²) in [5.74, 6) is 0.140. The summed E-state index contributed by atoms with van der Waals surface area (Å²) in [5.41, 5.74) is 0.105. The lowest BCUT2D eigenvalue weighted by Gasteiger charge is -2.32. The third-order valence-corrected chi connectivity index (χ3v) is 5.72. The largest absolute Gasteiger partial charge is 0.342 e. The second-order valence-electron chi connectivity index (χ2n) is 8.86. The molecule has 0 aromatic carbocycles. The van der Waals surface area contributed by atoms with Crippen molar-refractivity contribution in [1.29, 1.82) is 0 Å². The van der Waals surface area contributed by atoms with Crippen LogP contribution in [0.1, 0.15) is 67.2 Å². The molecule has 0 saturated carbocycles. The normalized spacial score (nSPS) is 20.6. The van der Waals surface area contributed by atoms with Gasteiger partial charge in [0.2, 0.25) is 5.91 Å². The zero-order chi connectivity index (χ0) is 19.9. The number of hydrogen-bond donors (Lipinski definition) is 0. The fourth-order valence-corrected chi connectivity index (χ4v) is 3.59. The van der Waals surface area contributed by atoms with Crippen LogP contribution >= 0.6 is 0 Å². The molecule has 1 saturated heterocycles. The molecule has 3 unspecified atom stereocenters. The van der Waals surface area contributed by atoms with Crippen LogP contribution in [-0.4, -0.2) is 53.3 Å². The molecule has 0 aromatic heterocycles. The van der Waals surface area contributed by atoms with Gasteiger partial charge in [-0.15, -0.1) is 4.91 Å². The van der Waals surface area contributed by atoms with Gasteiger partial charge in [-0.3, -0.25) is 14.5 Å². The number of rotatable bonds is 9. The van der Waals surface area contributed by atoms with Gasteiger partial charge >= 0.3 is 0 Å². The van der Waals surface area contributed by atoms with Crippen LogP contribution in [0.15, 0.2) is 5.18 Å². The van der Waals surface area contributed by atoms with E-state index in [2.05, 4.69) is 44.7 Å². The standard InChI is InChI=1S/C20H37N3O3/c1-7-10-22(11-8-15(2)16(3)13-18(24)21-26)19(25)17-9-12-23(14-17)20(4,5)6/h15-17H,7-14H2,1-6H3. The minimum Gasteiger partial charge on any atom is -0.342 e. The van der Waals surface area contributed by atoms with Gasteiger partial charge in [0.05, 0.1) is 5.92 Å². The Hall–Kier alpha value is -1.30. The molecular formula is C20H37N3O3. The smallest absolute Gasteiger partial charge is 0.286 e. The van der Waals surface area contributed by atoms with Crippen LogP contribution in [-0.2, 0) is 9.59 Å². The van der Waals surface area contributed by atoms with Crippen molar-refractivity contribution < 1.29 is 9.59 Å². The molecule has 6 heteroatoms. The van der Waals surface area contributed by atoms with E-state index < -0.39 is 5.91 Å². The van der Waals surface area contributed by atoms with Gasteiger partial charge in [0.25, 0.3) is 5.91 Å². The van der Waals surface area contributed by atoms with Gasteiger partial charge in [-0.1, -0.05) is 20.8 Å². The van der Waals surface area contributed by atoms with Gasteiger partial charge in [0.1, 0.15) is 0 Å².